The average Bonchev–Trinajstić information content (AvgIpc) is 2.32. The predicted molar refractivity (Wildman–Crippen MR) is 72.7 cm³/mol. The topological polar surface area (TPSA) is 32.7 Å². The monoisotopic (exact) mass is 287 g/mol. The standard InChI is InChI=1S/C14H19ClFNO2/c1-14(2)9-17(7-12(8-18)19-14)6-10-5-11(15)3-4-13(10)16/h3-5,12,18H,6-9H2,1-2H3. The maximum atomic E-state index is 13.7. The Morgan fingerprint density at radius 1 is 1.53 bits per heavy atom. The fourth-order valence-electron chi connectivity index (χ4n) is 2.54. The summed E-state index contributed by atoms with van der Waals surface area (Å²) in [4.78, 5) is 2.08. The number of rotatable bonds is 3. The van der Waals surface area contributed by atoms with Gasteiger partial charge in [-0.3, -0.25) is 4.90 Å². The van der Waals surface area contributed by atoms with Gasteiger partial charge in [-0.05, 0) is 32.0 Å². The van der Waals surface area contributed by atoms with E-state index < -0.39 is 0 Å². The van der Waals surface area contributed by atoms with Gasteiger partial charge in [0.15, 0.2) is 0 Å². The second-order valence-electron chi connectivity index (χ2n) is 5.59. The minimum Gasteiger partial charge on any atom is -0.394 e. The van der Waals surface area contributed by atoms with E-state index in [4.69, 9.17) is 16.3 Å². The molecule has 1 unspecified atom stereocenters. The molecule has 1 aromatic carbocycles. The van der Waals surface area contributed by atoms with Crippen LogP contribution in [0.5, 0.6) is 0 Å². The second-order valence-corrected chi connectivity index (χ2v) is 6.02. The summed E-state index contributed by atoms with van der Waals surface area (Å²) in [5, 5.41) is 9.79. The zero-order chi connectivity index (χ0) is 14.0. The molecule has 1 aliphatic heterocycles. The minimum atomic E-state index is -0.347. The van der Waals surface area contributed by atoms with Gasteiger partial charge >= 0.3 is 0 Å². The molecule has 1 aliphatic rings. The summed E-state index contributed by atoms with van der Waals surface area (Å²) < 4.78 is 19.5. The lowest BCUT2D eigenvalue weighted by molar-refractivity contribution is -0.150. The van der Waals surface area contributed by atoms with Gasteiger partial charge < -0.3 is 9.84 Å². The molecule has 1 saturated heterocycles. The highest BCUT2D eigenvalue weighted by atomic mass is 35.5. The predicted octanol–water partition coefficient (Wildman–Crippen LogP) is 2.45. The van der Waals surface area contributed by atoms with Crippen LogP contribution in [-0.2, 0) is 11.3 Å². The van der Waals surface area contributed by atoms with E-state index in [-0.39, 0.29) is 24.1 Å². The molecule has 0 radical (unpaired) electrons. The van der Waals surface area contributed by atoms with Gasteiger partial charge in [-0.25, -0.2) is 4.39 Å². The van der Waals surface area contributed by atoms with Crippen molar-refractivity contribution in [2.24, 2.45) is 0 Å². The maximum absolute atomic E-state index is 13.7. The van der Waals surface area contributed by atoms with Gasteiger partial charge in [-0.15, -0.1) is 0 Å². The van der Waals surface area contributed by atoms with Crippen molar-refractivity contribution in [2.75, 3.05) is 19.7 Å². The fourth-order valence-corrected chi connectivity index (χ4v) is 2.73. The molecule has 1 aromatic rings. The SMILES string of the molecule is CC1(C)CN(Cc2cc(Cl)ccc2F)CC(CO)O1. The molecule has 0 spiro atoms. The Morgan fingerprint density at radius 2 is 2.26 bits per heavy atom. The van der Waals surface area contributed by atoms with Crippen LogP contribution in [0.25, 0.3) is 0 Å². The van der Waals surface area contributed by atoms with Crippen molar-refractivity contribution in [3.8, 4) is 0 Å². The van der Waals surface area contributed by atoms with Crippen molar-refractivity contribution in [1.29, 1.82) is 0 Å². The molecule has 3 nitrogen and oxygen atoms in total. The first kappa shape index (κ1) is 14.7. The summed E-state index contributed by atoms with van der Waals surface area (Å²) in [7, 11) is 0. The lowest BCUT2D eigenvalue weighted by atomic mass is 10.0. The molecule has 0 aliphatic carbocycles. The first-order valence-corrected chi connectivity index (χ1v) is 6.72. The Morgan fingerprint density at radius 3 is 2.95 bits per heavy atom. The van der Waals surface area contributed by atoms with Crippen LogP contribution in [0.2, 0.25) is 5.02 Å². The van der Waals surface area contributed by atoms with Crippen LogP contribution >= 0.6 is 11.6 Å². The number of morpholine rings is 1. The average molecular weight is 288 g/mol. The van der Waals surface area contributed by atoms with Crippen LogP contribution in [-0.4, -0.2) is 41.4 Å². The number of nitrogens with zero attached hydrogens (tertiary/aromatic N) is 1. The third kappa shape index (κ3) is 3.89. The van der Waals surface area contributed by atoms with Crippen LogP contribution in [0.4, 0.5) is 4.39 Å². The van der Waals surface area contributed by atoms with Gasteiger partial charge in [0.05, 0.1) is 18.3 Å². The lowest BCUT2D eigenvalue weighted by Gasteiger charge is -2.42. The molecule has 19 heavy (non-hydrogen) atoms. The quantitative estimate of drug-likeness (QED) is 0.927. The summed E-state index contributed by atoms with van der Waals surface area (Å²) >= 11 is 5.90. The van der Waals surface area contributed by atoms with Gasteiger partial charge in [0.25, 0.3) is 0 Å². The number of aliphatic hydroxyl groups excluding tert-OH is 1. The van der Waals surface area contributed by atoms with E-state index in [1.807, 2.05) is 13.8 Å². The van der Waals surface area contributed by atoms with E-state index in [9.17, 15) is 9.50 Å². The van der Waals surface area contributed by atoms with Gasteiger partial charge in [0.2, 0.25) is 0 Å². The van der Waals surface area contributed by atoms with E-state index in [1.54, 1.807) is 12.1 Å². The fraction of sp³-hybridized carbons (Fsp3) is 0.571. The molecule has 0 aromatic heterocycles. The summed E-state index contributed by atoms with van der Waals surface area (Å²) in [6.07, 6.45) is -0.231. The zero-order valence-electron chi connectivity index (χ0n) is 11.2. The van der Waals surface area contributed by atoms with Crippen LogP contribution in [0.1, 0.15) is 19.4 Å². The molecular weight excluding hydrogens is 269 g/mol. The number of hydrogen-bond acceptors (Lipinski definition) is 3. The highest BCUT2D eigenvalue weighted by molar-refractivity contribution is 6.30. The maximum Gasteiger partial charge on any atom is 0.127 e. The summed E-state index contributed by atoms with van der Waals surface area (Å²) in [5.74, 6) is -0.255. The lowest BCUT2D eigenvalue weighted by Crippen LogP contribution is -2.53. The summed E-state index contributed by atoms with van der Waals surface area (Å²) in [6.45, 7) is 5.65. The van der Waals surface area contributed by atoms with Crippen LogP contribution < -0.4 is 0 Å². The van der Waals surface area contributed by atoms with E-state index in [0.717, 1.165) is 0 Å². The molecule has 1 heterocycles. The molecule has 5 heteroatoms. The summed E-state index contributed by atoms with van der Waals surface area (Å²) in [5.41, 5.74) is 0.225. The summed E-state index contributed by atoms with van der Waals surface area (Å²) in [6, 6.07) is 4.57. The number of halogens is 2. The minimum absolute atomic E-state index is 0.0298. The van der Waals surface area contributed by atoms with Crippen LogP contribution in [0, 0.1) is 5.82 Å². The number of ether oxygens (including phenoxy) is 1. The Balaban J connectivity index is 2.11. The molecule has 1 atom stereocenters. The van der Waals surface area contributed by atoms with Crippen molar-refractivity contribution in [2.45, 2.75) is 32.1 Å². The highest BCUT2D eigenvalue weighted by Gasteiger charge is 2.33. The molecule has 0 amide bonds. The number of hydrogen-bond donors (Lipinski definition) is 1. The van der Waals surface area contributed by atoms with Crippen molar-refractivity contribution in [1.82, 2.24) is 4.90 Å². The highest BCUT2D eigenvalue weighted by Crippen LogP contribution is 2.24. The van der Waals surface area contributed by atoms with Crippen LogP contribution in [0.15, 0.2) is 18.2 Å². The van der Waals surface area contributed by atoms with Crippen molar-refractivity contribution in [3.05, 3.63) is 34.6 Å². The van der Waals surface area contributed by atoms with Gasteiger partial charge in [0.1, 0.15) is 5.82 Å². The van der Waals surface area contributed by atoms with Crippen LogP contribution in [0.3, 0.4) is 0 Å². The van der Waals surface area contributed by atoms with Crippen molar-refractivity contribution < 1.29 is 14.2 Å². The Bertz CT molecular complexity index is 453. The zero-order valence-corrected chi connectivity index (χ0v) is 12.0. The van der Waals surface area contributed by atoms with Gasteiger partial charge in [-0.2, -0.15) is 0 Å². The number of benzene rings is 1. The molecule has 0 bridgehead atoms. The van der Waals surface area contributed by atoms with E-state index >= 15 is 0 Å². The number of aliphatic hydroxyl groups is 1. The molecule has 106 valence electrons. The van der Waals surface area contributed by atoms with E-state index in [2.05, 4.69) is 4.90 Å². The molecule has 1 fully saturated rings. The second kappa shape index (κ2) is 5.75. The normalized spacial score (nSPS) is 23.5. The van der Waals surface area contributed by atoms with Crippen molar-refractivity contribution >= 4 is 11.6 Å². The molecule has 1 N–H and O–H groups in total. The van der Waals surface area contributed by atoms with Gasteiger partial charge in [-0.1, -0.05) is 11.6 Å². The van der Waals surface area contributed by atoms with E-state index in [0.29, 0.717) is 30.2 Å². The Labute approximate surface area is 117 Å². The molecule has 0 saturated carbocycles. The van der Waals surface area contributed by atoms with Gasteiger partial charge in [0, 0.05) is 30.2 Å². The third-order valence-electron chi connectivity index (χ3n) is 3.16. The van der Waals surface area contributed by atoms with E-state index in [1.165, 1.54) is 6.07 Å². The Kier molecular flexibility index (Phi) is 4.46. The smallest absolute Gasteiger partial charge is 0.127 e. The Hall–Kier alpha value is -0.680. The largest absolute Gasteiger partial charge is 0.394 e. The first-order valence-electron chi connectivity index (χ1n) is 6.34. The third-order valence-corrected chi connectivity index (χ3v) is 3.39. The molecular formula is C14H19ClFNO2. The first-order chi connectivity index (χ1) is 8.89. The van der Waals surface area contributed by atoms with Crippen molar-refractivity contribution in [3.63, 3.8) is 0 Å². The molecule has 2 rings (SSSR count).